The van der Waals surface area contributed by atoms with Crippen molar-refractivity contribution in [2.75, 3.05) is 10.6 Å². The van der Waals surface area contributed by atoms with Crippen LogP contribution in [0.25, 0.3) is 0 Å². The second kappa shape index (κ2) is 6.00. The Morgan fingerprint density at radius 2 is 1.38 bits per heavy atom. The van der Waals surface area contributed by atoms with E-state index in [1.54, 1.807) is 0 Å². The van der Waals surface area contributed by atoms with Gasteiger partial charge in [0.15, 0.2) is 0 Å². The van der Waals surface area contributed by atoms with Gasteiger partial charge < -0.3 is 15.7 Å². The number of carbonyl (C=O) groups is 2. The van der Waals surface area contributed by atoms with Crippen molar-refractivity contribution in [2.45, 2.75) is 0 Å². The molecule has 21 heavy (non-hydrogen) atoms. The van der Waals surface area contributed by atoms with Crippen molar-refractivity contribution >= 4 is 23.4 Å². The van der Waals surface area contributed by atoms with E-state index < -0.39 is 23.6 Å². The standard InChI is InChI=1S/C14H10F2N2O3/c15-9-5-10(16)7-12(6-9)18-14(21)17-11-3-1-8(2-4-11)13(19)20/h1-7H,(H,19,20)(H2,17,18,21). The molecule has 0 aliphatic rings. The number of hydrogen-bond donors (Lipinski definition) is 3. The highest BCUT2D eigenvalue weighted by molar-refractivity contribution is 6.00. The molecule has 2 amide bonds. The van der Waals surface area contributed by atoms with Crippen LogP contribution in [0.15, 0.2) is 42.5 Å². The van der Waals surface area contributed by atoms with Gasteiger partial charge in [-0.3, -0.25) is 0 Å². The minimum absolute atomic E-state index is 0.0350. The molecule has 2 rings (SSSR count). The number of hydrogen-bond acceptors (Lipinski definition) is 2. The highest BCUT2D eigenvalue weighted by Gasteiger charge is 2.07. The lowest BCUT2D eigenvalue weighted by atomic mass is 10.2. The molecule has 0 saturated carbocycles. The van der Waals surface area contributed by atoms with Crippen LogP contribution < -0.4 is 10.6 Å². The maximum Gasteiger partial charge on any atom is 0.335 e. The van der Waals surface area contributed by atoms with Gasteiger partial charge in [0.1, 0.15) is 11.6 Å². The summed E-state index contributed by atoms with van der Waals surface area (Å²) in [6.45, 7) is 0. The maximum atomic E-state index is 13.0. The molecule has 5 nitrogen and oxygen atoms in total. The summed E-state index contributed by atoms with van der Waals surface area (Å²) in [6, 6.07) is 7.35. The largest absolute Gasteiger partial charge is 0.478 e. The number of anilines is 2. The van der Waals surface area contributed by atoms with Crippen molar-refractivity contribution in [2.24, 2.45) is 0 Å². The number of amides is 2. The molecule has 7 heteroatoms. The number of carbonyl (C=O) groups excluding carboxylic acids is 1. The van der Waals surface area contributed by atoms with Crippen LogP contribution in [0.4, 0.5) is 25.0 Å². The highest BCUT2D eigenvalue weighted by atomic mass is 19.1. The molecular weight excluding hydrogens is 282 g/mol. The molecule has 0 fully saturated rings. The van der Waals surface area contributed by atoms with Crippen LogP contribution in [-0.2, 0) is 0 Å². The Labute approximate surface area is 118 Å². The van der Waals surface area contributed by atoms with Crippen molar-refractivity contribution in [3.05, 3.63) is 59.7 Å². The third-order valence-electron chi connectivity index (χ3n) is 2.51. The van der Waals surface area contributed by atoms with E-state index >= 15 is 0 Å². The molecule has 2 aromatic carbocycles. The van der Waals surface area contributed by atoms with Crippen LogP contribution in [0.5, 0.6) is 0 Å². The molecule has 0 spiro atoms. The smallest absolute Gasteiger partial charge is 0.335 e. The van der Waals surface area contributed by atoms with Gasteiger partial charge in [0.25, 0.3) is 0 Å². The Hall–Kier alpha value is -2.96. The van der Waals surface area contributed by atoms with E-state index in [9.17, 15) is 18.4 Å². The average Bonchev–Trinajstić information content (AvgIpc) is 2.37. The first kappa shape index (κ1) is 14.4. The van der Waals surface area contributed by atoms with Gasteiger partial charge in [-0.1, -0.05) is 0 Å². The Morgan fingerprint density at radius 1 is 0.857 bits per heavy atom. The molecule has 108 valence electrons. The van der Waals surface area contributed by atoms with E-state index in [2.05, 4.69) is 10.6 Å². The SMILES string of the molecule is O=C(Nc1ccc(C(=O)O)cc1)Nc1cc(F)cc(F)c1. The summed E-state index contributed by atoms with van der Waals surface area (Å²) >= 11 is 0. The zero-order valence-electron chi connectivity index (χ0n) is 10.6. The number of aromatic carboxylic acids is 1. The van der Waals surface area contributed by atoms with E-state index in [0.29, 0.717) is 11.8 Å². The molecule has 0 aliphatic heterocycles. The van der Waals surface area contributed by atoms with E-state index in [1.165, 1.54) is 24.3 Å². The second-order valence-corrected chi connectivity index (χ2v) is 4.12. The second-order valence-electron chi connectivity index (χ2n) is 4.12. The number of nitrogens with one attached hydrogen (secondary N) is 2. The zero-order valence-corrected chi connectivity index (χ0v) is 10.6. The summed E-state index contributed by atoms with van der Waals surface area (Å²) in [5.41, 5.74) is 0.384. The minimum atomic E-state index is -1.08. The van der Waals surface area contributed by atoms with Gasteiger partial charge >= 0.3 is 12.0 Å². The van der Waals surface area contributed by atoms with Crippen LogP contribution in [0.1, 0.15) is 10.4 Å². The summed E-state index contributed by atoms with van der Waals surface area (Å²) in [6.07, 6.45) is 0. The van der Waals surface area contributed by atoms with Gasteiger partial charge in [0.05, 0.1) is 5.56 Å². The van der Waals surface area contributed by atoms with Crippen LogP contribution >= 0.6 is 0 Å². The first-order valence-electron chi connectivity index (χ1n) is 5.81. The highest BCUT2D eigenvalue weighted by Crippen LogP contribution is 2.14. The van der Waals surface area contributed by atoms with E-state index in [1.807, 2.05) is 0 Å². The molecule has 0 radical (unpaired) electrons. The molecule has 0 aliphatic carbocycles. The molecule has 0 unspecified atom stereocenters. The lowest BCUT2D eigenvalue weighted by Gasteiger charge is -2.08. The summed E-state index contributed by atoms with van der Waals surface area (Å²) in [7, 11) is 0. The van der Waals surface area contributed by atoms with Crippen molar-refractivity contribution in [3.63, 3.8) is 0 Å². The van der Waals surface area contributed by atoms with Crippen LogP contribution in [0.3, 0.4) is 0 Å². The Bertz CT molecular complexity index is 667. The monoisotopic (exact) mass is 292 g/mol. The number of urea groups is 1. The van der Waals surface area contributed by atoms with E-state index in [4.69, 9.17) is 5.11 Å². The topological polar surface area (TPSA) is 78.4 Å². The van der Waals surface area contributed by atoms with Crippen molar-refractivity contribution in [1.82, 2.24) is 0 Å². The molecule has 0 atom stereocenters. The molecule has 0 bridgehead atoms. The van der Waals surface area contributed by atoms with Gasteiger partial charge in [-0.2, -0.15) is 0 Å². The van der Waals surface area contributed by atoms with Crippen molar-refractivity contribution < 1.29 is 23.5 Å². The van der Waals surface area contributed by atoms with Gasteiger partial charge in [-0.15, -0.1) is 0 Å². The average molecular weight is 292 g/mol. The summed E-state index contributed by atoms with van der Waals surface area (Å²) in [5, 5.41) is 13.4. The Morgan fingerprint density at radius 3 is 1.90 bits per heavy atom. The van der Waals surface area contributed by atoms with Gasteiger partial charge in [0.2, 0.25) is 0 Å². The summed E-state index contributed by atoms with van der Waals surface area (Å²) in [5.74, 6) is -2.70. The number of carboxylic acids is 1. The third kappa shape index (κ3) is 4.00. The minimum Gasteiger partial charge on any atom is -0.478 e. The molecule has 0 aromatic heterocycles. The Balaban J connectivity index is 2.02. The summed E-state index contributed by atoms with van der Waals surface area (Å²) < 4.78 is 25.9. The molecular formula is C14H10F2N2O3. The quantitative estimate of drug-likeness (QED) is 0.812. The van der Waals surface area contributed by atoms with Crippen molar-refractivity contribution in [1.29, 1.82) is 0 Å². The number of halogens is 2. The van der Waals surface area contributed by atoms with Crippen molar-refractivity contribution in [3.8, 4) is 0 Å². The number of benzene rings is 2. The Kier molecular flexibility index (Phi) is 4.13. The molecule has 3 N–H and O–H groups in total. The number of carboxylic acid groups (broad SMARTS) is 1. The van der Waals surface area contributed by atoms with E-state index in [0.717, 1.165) is 12.1 Å². The maximum absolute atomic E-state index is 13.0. The lowest BCUT2D eigenvalue weighted by Crippen LogP contribution is -2.19. The zero-order chi connectivity index (χ0) is 15.4. The van der Waals surface area contributed by atoms with Crippen LogP contribution in [0, 0.1) is 11.6 Å². The normalized spacial score (nSPS) is 10.0. The number of rotatable bonds is 3. The molecule has 0 heterocycles. The fourth-order valence-electron chi connectivity index (χ4n) is 1.62. The fourth-order valence-corrected chi connectivity index (χ4v) is 1.62. The first-order chi connectivity index (χ1) is 9.94. The summed E-state index contributed by atoms with van der Waals surface area (Å²) in [4.78, 5) is 22.3. The van der Waals surface area contributed by atoms with Gasteiger partial charge in [0, 0.05) is 17.4 Å². The predicted octanol–water partition coefficient (Wildman–Crippen LogP) is 3.31. The van der Waals surface area contributed by atoms with Crippen LogP contribution in [0.2, 0.25) is 0 Å². The fraction of sp³-hybridized carbons (Fsp3) is 0. The lowest BCUT2D eigenvalue weighted by molar-refractivity contribution is 0.0697. The van der Waals surface area contributed by atoms with Gasteiger partial charge in [-0.05, 0) is 36.4 Å². The van der Waals surface area contributed by atoms with Crippen LogP contribution in [-0.4, -0.2) is 17.1 Å². The molecule has 2 aromatic rings. The first-order valence-corrected chi connectivity index (χ1v) is 5.81. The predicted molar refractivity (Wildman–Crippen MR) is 72.4 cm³/mol. The third-order valence-corrected chi connectivity index (χ3v) is 2.51. The van der Waals surface area contributed by atoms with E-state index in [-0.39, 0.29) is 11.3 Å². The molecule has 0 saturated heterocycles. The van der Waals surface area contributed by atoms with Gasteiger partial charge in [-0.25, -0.2) is 18.4 Å².